The van der Waals surface area contributed by atoms with Crippen molar-refractivity contribution in [3.8, 4) is 28.1 Å². The topological polar surface area (TPSA) is 43.6 Å². The molecule has 3 aromatic carbocycles. The molecular weight excluding hydrogens is 428 g/mol. The summed E-state index contributed by atoms with van der Waals surface area (Å²) in [6, 6.07) is 31.9. The van der Waals surface area contributed by atoms with Crippen molar-refractivity contribution in [2.75, 3.05) is 0 Å². The number of pyridine rings is 3. The molecule has 7 rings (SSSR count). The van der Waals surface area contributed by atoms with Gasteiger partial charge in [-0.1, -0.05) is 48.5 Å². The summed E-state index contributed by atoms with van der Waals surface area (Å²) in [5.41, 5.74) is 7.53. The molecule has 35 heavy (non-hydrogen) atoms. The van der Waals surface area contributed by atoms with Crippen LogP contribution in [0.3, 0.4) is 0 Å². The molecule has 0 bridgehead atoms. The lowest BCUT2D eigenvalue weighted by Gasteiger charge is -2.08. The fraction of sp³-hybridized carbons (Fsp3) is 0. The van der Waals surface area contributed by atoms with Gasteiger partial charge in [0, 0.05) is 52.3 Å². The largest absolute Gasteiger partial charge is 0.308 e. The highest BCUT2D eigenvalue weighted by molar-refractivity contribution is 6.21. The molecule has 0 aliphatic heterocycles. The summed E-state index contributed by atoms with van der Waals surface area (Å²) in [7, 11) is 0. The van der Waals surface area contributed by atoms with E-state index in [1.165, 1.54) is 27.1 Å². The molecule has 0 aliphatic rings. The first-order valence-electron chi connectivity index (χ1n) is 11.6. The number of hydrogen-bond acceptors (Lipinski definition) is 3. The third kappa shape index (κ3) is 3.19. The van der Waals surface area contributed by atoms with E-state index in [9.17, 15) is 0 Å². The Balaban J connectivity index is 1.47. The molecule has 0 N–H and O–H groups in total. The lowest BCUT2D eigenvalue weighted by molar-refractivity contribution is 1.14. The highest BCUT2D eigenvalue weighted by atomic mass is 15.0. The van der Waals surface area contributed by atoms with Gasteiger partial charge in [0.2, 0.25) is 0 Å². The first-order valence-corrected chi connectivity index (χ1v) is 11.6. The van der Waals surface area contributed by atoms with E-state index in [0.29, 0.717) is 0 Å². The van der Waals surface area contributed by atoms with Gasteiger partial charge in [-0.2, -0.15) is 0 Å². The van der Waals surface area contributed by atoms with Gasteiger partial charge in [-0.25, -0.2) is 0 Å². The maximum Gasteiger partial charge on any atom is 0.0702 e. The Morgan fingerprint density at radius 2 is 1.34 bits per heavy atom. The number of hydrogen-bond donors (Lipinski definition) is 0. The highest BCUT2D eigenvalue weighted by Gasteiger charge is 2.16. The van der Waals surface area contributed by atoms with Crippen LogP contribution in [-0.2, 0) is 0 Å². The standard InChI is InChI=1S/C31H20N4/c1-2-8-26-21(5-1)10-14-30-31(26)27-17-22(11-13-29(27)35(30)25-7-4-16-33-20-25)28-12-9-24(19-34-28)23-6-3-15-32-18-23/h1-20H. The van der Waals surface area contributed by atoms with Crippen molar-refractivity contribution in [2.45, 2.75) is 0 Å². The molecule has 4 nitrogen and oxygen atoms in total. The Bertz CT molecular complexity index is 1820. The van der Waals surface area contributed by atoms with Gasteiger partial charge in [-0.15, -0.1) is 0 Å². The number of fused-ring (bicyclic) bond motifs is 5. The van der Waals surface area contributed by atoms with Gasteiger partial charge in [-0.3, -0.25) is 15.0 Å². The SMILES string of the molecule is c1cncc(-c2ccc(-c3ccc4c(c3)c3c5ccccc5ccc3n4-c3cccnc3)nc2)c1. The Morgan fingerprint density at radius 3 is 2.14 bits per heavy atom. The molecule has 164 valence electrons. The second-order valence-corrected chi connectivity index (χ2v) is 8.63. The van der Waals surface area contributed by atoms with Crippen molar-refractivity contribution in [3.05, 3.63) is 122 Å². The maximum atomic E-state index is 4.79. The summed E-state index contributed by atoms with van der Waals surface area (Å²) in [6.07, 6.45) is 9.30. The van der Waals surface area contributed by atoms with Gasteiger partial charge in [0.05, 0.1) is 28.6 Å². The zero-order valence-electron chi connectivity index (χ0n) is 18.8. The van der Waals surface area contributed by atoms with Crippen molar-refractivity contribution in [2.24, 2.45) is 0 Å². The highest BCUT2D eigenvalue weighted by Crippen LogP contribution is 2.38. The Hall–Kier alpha value is -4.83. The number of aromatic nitrogens is 4. The first kappa shape index (κ1) is 19.6. The minimum atomic E-state index is 0.946. The summed E-state index contributed by atoms with van der Waals surface area (Å²) in [5, 5.41) is 4.93. The van der Waals surface area contributed by atoms with E-state index in [1.807, 2.05) is 43.0 Å². The Kier molecular flexibility index (Phi) is 4.42. The average molecular weight is 449 g/mol. The van der Waals surface area contributed by atoms with Crippen LogP contribution in [0, 0.1) is 0 Å². The molecule has 0 radical (unpaired) electrons. The van der Waals surface area contributed by atoms with Crippen molar-refractivity contribution in [3.63, 3.8) is 0 Å². The van der Waals surface area contributed by atoms with E-state index >= 15 is 0 Å². The van der Waals surface area contributed by atoms with Crippen LogP contribution in [0.25, 0.3) is 60.6 Å². The van der Waals surface area contributed by atoms with E-state index in [4.69, 9.17) is 4.98 Å². The second-order valence-electron chi connectivity index (χ2n) is 8.63. The van der Waals surface area contributed by atoms with Crippen LogP contribution in [0.5, 0.6) is 0 Å². The summed E-state index contributed by atoms with van der Waals surface area (Å²) < 4.78 is 2.30. The van der Waals surface area contributed by atoms with Crippen molar-refractivity contribution in [1.29, 1.82) is 0 Å². The zero-order valence-corrected chi connectivity index (χ0v) is 18.8. The number of benzene rings is 3. The van der Waals surface area contributed by atoms with Crippen LogP contribution in [0.2, 0.25) is 0 Å². The lowest BCUT2D eigenvalue weighted by atomic mass is 10.0. The molecular formula is C31H20N4. The third-order valence-corrected chi connectivity index (χ3v) is 6.61. The van der Waals surface area contributed by atoms with Gasteiger partial charge < -0.3 is 4.57 Å². The number of nitrogens with zero attached hydrogens (tertiary/aromatic N) is 4. The minimum absolute atomic E-state index is 0.946. The molecule has 0 spiro atoms. The summed E-state index contributed by atoms with van der Waals surface area (Å²) in [6.45, 7) is 0. The third-order valence-electron chi connectivity index (χ3n) is 6.61. The molecule has 0 atom stereocenters. The molecule has 0 aliphatic carbocycles. The van der Waals surface area contributed by atoms with E-state index in [-0.39, 0.29) is 0 Å². The molecule has 4 heteroatoms. The normalized spacial score (nSPS) is 11.4. The molecule has 4 aromatic heterocycles. The fourth-order valence-electron chi connectivity index (χ4n) is 4.98. The van der Waals surface area contributed by atoms with Crippen LogP contribution in [0.1, 0.15) is 0 Å². The predicted octanol–water partition coefficient (Wildman–Crippen LogP) is 7.46. The van der Waals surface area contributed by atoms with Crippen molar-refractivity contribution < 1.29 is 0 Å². The van der Waals surface area contributed by atoms with Gasteiger partial charge in [-0.05, 0) is 53.2 Å². The molecule has 0 fully saturated rings. The van der Waals surface area contributed by atoms with Gasteiger partial charge in [0.15, 0.2) is 0 Å². The monoisotopic (exact) mass is 448 g/mol. The van der Waals surface area contributed by atoms with Crippen LogP contribution in [0.15, 0.2) is 122 Å². The molecule has 0 saturated carbocycles. The lowest BCUT2D eigenvalue weighted by Crippen LogP contribution is -1.94. The molecule has 7 aromatic rings. The van der Waals surface area contributed by atoms with E-state index in [1.54, 1.807) is 6.20 Å². The molecule has 0 saturated heterocycles. The van der Waals surface area contributed by atoms with Crippen LogP contribution < -0.4 is 0 Å². The fourth-order valence-corrected chi connectivity index (χ4v) is 4.98. The van der Waals surface area contributed by atoms with E-state index < -0.39 is 0 Å². The molecule has 0 amide bonds. The number of rotatable bonds is 3. The Labute approximate surface area is 202 Å². The summed E-state index contributed by atoms with van der Waals surface area (Å²) >= 11 is 0. The van der Waals surface area contributed by atoms with Crippen molar-refractivity contribution >= 4 is 32.6 Å². The average Bonchev–Trinajstić information content (AvgIpc) is 3.28. The Morgan fingerprint density at radius 1 is 0.543 bits per heavy atom. The second kappa shape index (κ2) is 7.89. The van der Waals surface area contributed by atoms with E-state index in [2.05, 4.69) is 87.3 Å². The summed E-state index contributed by atoms with van der Waals surface area (Å²) in [4.78, 5) is 13.4. The van der Waals surface area contributed by atoms with Gasteiger partial charge in [0.25, 0.3) is 0 Å². The van der Waals surface area contributed by atoms with Crippen LogP contribution in [-0.4, -0.2) is 19.5 Å². The minimum Gasteiger partial charge on any atom is -0.308 e. The van der Waals surface area contributed by atoms with Gasteiger partial charge >= 0.3 is 0 Å². The smallest absolute Gasteiger partial charge is 0.0702 e. The van der Waals surface area contributed by atoms with Gasteiger partial charge in [0.1, 0.15) is 0 Å². The molecule has 0 unspecified atom stereocenters. The van der Waals surface area contributed by atoms with Crippen LogP contribution >= 0.6 is 0 Å². The quantitative estimate of drug-likeness (QED) is 0.282. The maximum absolute atomic E-state index is 4.79. The van der Waals surface area contributed by atoms with Crippen LogP contribution in [0.4, 0.5) is 0 Å². The van der Waals surface area contributed by atoms with E-state index in [0.717, 1.165) is 33.6 Å². The van der Waals surface area contributed by atoms with Crippen molar-refractivity contribution in [1.82, 2.24) is 19.5 Å². The summed E-state index contributed by atoms with van der Waals surface area (Å²) in [5.74, 6) is 0. The predicted molar refractivity (Wildman–Crippen MR) is 143 cm³/mol. The zero-order chi connectivity index (χ0) is 23.2. The first-order chi connectivity index (χ1) is 17.4. The molecule has 4 heterocycles.